The molecular weight excluding hydrogens is 398 g/mol. The van der Waals surface area contributed by atoms with Crippen molar-refractivity contribution in [3.05, 3.63) is 59.4 Å². The second-order valence-electron chi connectivity index (χ2n) is 8.67. The highest BCUT2D eigenvalue weighted by molar-refractivity contribution is 7.89. The Hall–Kier alpha value is -1.80. The van der Waals surface area contributed by atoms with Crippen LogP contribution in [0.25, 0.3) is 0 Å². The van der Waals surface area contributed by atoms with Gasteiger partial charge in [-0.05, 0) is 60.6 Å². The summed E-state index contributed by atoms with van der Waals surface area (Å²) in [5, 5.41) is 0. The monoisotopic (exact) mass is 427 g/mol. The second kappa shape index (κ2) is 8.38. The van der Waals surface area contributed by atoms with E-state index in [4.69, 9.17) is 4.74 Å². The predicted molar refractivity (Wildman–Crippen MR) is 115 cm³/mol. The summed E-state index contributed by atoms with van der Waals surface area (Å²) >= 11 is 0. The fourth-order valence-electron chi connectivity index (χ4n) is 5.14. The quantitative estimate of drug-likeness (QED) is 0.750. The molecule has 2 aliphatic heterocycles. The summed E-state index contributed by atoms with van der Waals surface area (Å²) in [4.78, 5) is 7.07. The number of hydrogen-bond donors (Lipinski definition) is 0. The number of benzene rings is 1. The first kappa shape index (κ1) is 20.1. The average molecular weight is 428 g/mol. The Balaban J connectivity index is 1.38. The van der Waals surface area contributed by atoms with Gasteiger partial charge in [-0.1, -0.05) is 12.1 Å². The maximum Gasteiger partial charge on any atom is 0.243 e. The molecule has 1 aliphatic carbocycles. The van der Waals surface area contributed by atoms with Crippen molar-refractivity contribution in [3.8, 4) is 0 Å². The fourth-order valence-corrected chi connectivity index (χ4v) is 6.66. The summed E-state index contributed by atoms with van der Waals surface area (Å²) in [6.07, 6.45) is 7.67. The number of ether oxygens (including phenoxy) is 1. The maximum atomic E-state index is 13.5. The molecule has 7 heteroatoms. The van der Waals surface area contributed by atoms with Crippen LogP contribution in [0.5, 0.6) is 0 Å². The first-order valence-electron chi connectivity index (χ1n) is 10.9. The summed E-state index contributed by atoms with van der Waals surface area (Å²) in [6, 6.07) is 9.91. The summed E-state index contributed by atoms with van der Waals surface area (Å²) < 4.78 is 34.5. The number of fused-ring (bicyclic) bond motifs is 2. The van der Waals surface area contributed by atoms with Crippen LogP contribution < -0.4 is 0 Å². The molecule has 2 aromatic rings. The van der Waals surface area contributed by atoms with Gasteiger partial charge in [-0.15, -0.1) is 0 Å². The van der Waals surface area contributed by atoms with Crippen molar-refractivity contribution in [2.75, 3.05) is 32.8 Å². The van der Waals surface area contributed by atoms with Crippen molar-refractivity contribution >= 4 is 10.0 Å². The summed E-state index contributed by atoms with van der Waals surface area (Å²) in [5.74, 6) is 0.357. The molecule has 160 valence electrons. The Kier molecular flexibility index (Phi) is 5.62. The van der Waals surface area contributed by atoms with Crippen molar-refractivity contribution < 1.29 is 13.2 Å². The van der Waals surface area contributed by atoms with E-state index < -0.39 is 10.0 Å². The van der Waals surface area contributed by atoms with Gasteiger partial charge in [0.2, 0.25) is 10.0 Å². The molecule has 5 rings (SSSR count). The van der Waals surface area contributed by atoms with Gasteiger partial charge >= 0.3 is 0 Å². The summed E-state index contributed by atoms with van der Waals surface area (Å²) in [7, 11) is -3.49. The number of pyridine rings is 1. The highest BCUT2D eigenvalue weighted by Gasteiger charge is 2.39. The van der Waals surface area contributed by atoms with Gasteiger partial charge < -0.3 is 4.74 Å². The largest absolute Gasteiger partial charge is 0.380 e. The highest BCUT2D eigenvalue weighted by atomic mass is 32.2. The molecule has 3 heterocycles. The van der Waals surface area contributed by atoms with Crippen LogP contribution in [-0.4, -0.2) is 61.5 Å². The zero-order valence-electron chi connectivity index (χ0n) is 17.2. The van der Waals surface area contributed by atoms with Gasteiger partial charge in [-0.3, -0.25) is 9.88 Å². The lowest BCUT2D eigenvalue weighted by Gasteiger charge is -2.41. The molecule has 30 heavy (non-hydrogen) atoms. The van der Waals surface area contributed by atoms with Crippen LogP contribution in [0.4, 0.5) is 0 Å². The van der Waals surface area contributed by atoms with Gasteiger partial charge in [0.15, 0.2) is 0 Å². The summed E-state index contributed by atoms with van der Waals surface area (Å²) in [5.41, 5.74) is 3.65. The van der Waals surface area contributed by atoms with E-state index in [-0.39, 0.29) is 6.04 Å². The third-order valence-corrected chi connectivity index (χ3v) is 8.69. The van der Waals surface area contributed by atoms with E-state index in [1.165, 1.54) is 11.1 Å². The van der Waals surface area contributed by atoms with E-state index in [2.05, 4.69) is 16.0 Å². The number of aryl methyl sites for hydroxylation is 2. The van der Waals surface area contributed by atoms with E-state index in [1.807, 2.05) is 24.4 Å². The lowest BCUT2D eigenvalue weighted by molar-refractivity contribution is 0.0766. The number of piperidine rings is 1. The molecule has 2 atom stereocenters. The molecule has 2 saturated heterocycles. The van der Waals surface area contributed by atoms with Gasteiger partial charge in [0.25, 0.3) is 0 Å². The normalized spacial score (nSPS) is 25.5. The predicted octanol–water partition coefficient (Wildman–Crippen LogP) is 2.48. The van der Waals surface area contributed by atoms with Gasteiger partial charge in [-0.25, -0.2) is 8.42 Å². The number of sulfonamides is 1. The van der Waals surface area contributed by atoms with Crippen molar-refractivity contribution in [3.63, 3.8) is 0 Å². The molecular formula is C23H29N3O3S. The molecule has 0 N–H and O–H groups in total. The van der Waals surface area contributed by atoms with Crippen LogP contribution in [0.1, 0.15) is 29.5 Å². The van der Waals surface area contributed by atoms with Crippen LogP contribution in [0.3, 0.4) is 0 Å². The number of rotatable bonds is 4. The Morgan fingerprint density at radius 3 is 2.90 bits per heavy atom. The SMILES string of the molecule is O=S(=O)(c1ccc2c(c1)CCC2)N1CC[C@@H]2COCCN(Cc3cccnc3)[C@@H]2C1. The van der Waals surface area contributed by atoms with E-state index in [9.17, 15) is 8.42 Å². The van der Waals surface area contributed by atoms with Gasteiger partial charge in [-0.2, -0.15) is 4.31 Å². The first-order valence-corrected chi connectivity index (χ1v) is 12.4. The molecule has 0 spiro atoms. The smallest absolute Gasteiger partial charge is 0.243 e. The molecule has 0 bridgehead atoms. The zero-order chi connectivity index (χ0) is 20.6. The lowest BCUT2D eigenvalue weighted by atomic mass is 9.92. The minimum atomic E-state index is -3.49. The van der Waals surface area contributed by atoms with Gasteiger partial charge in [0.05, 0.1) is 18.1 Å². The Bertz CT molecular complexity index is 996. The molecule has 3 aliphatic rings. The lowest BCUT2D eigenvalue weighted by Crippen LogP contribution is -2.54. The maximum absolute atomic E-state index is 13.5. The Labute approximate surface area is 178 Å². The Morgan fingerprint density at radius 1 is 1.13 bits per heavy atom. The molecule has 1 aromatic carbocycles. The fraction of sp³-hybridized carbons (Fsp3) is 0.522. The first-order chi connectivity index (χ1) is 14.6. The second-order valence-corrected chi connectivity index (χ2v) is 10.6. The van der Waals surface area contributed by atoms with Crippen molar-refractivity contribution in [1.29, 1.82) is 0 Å². The minimum absolute atomic E-state index is 0.158. The van der Waals surface area contributed by atoms with Gasteiger partial charge in [0, 0.05) is 50.5 Å². The molecule has 2 fully saturated rings. The molecule has 1 aromatic heterocycles. The van der Waals surface area contributed by atoms with E-state index in [0.29, 0.717) is 37.1 Å². The zero-order valence-corrected chi connectivity index (χ0v) is 18.1. The van der Waals surface area contributed by atoms with Crippen LogP contribution >= 0.6 is 0 Å². The van der Waals surface area contributed by atoms with Crippen LogP contribution in [-0.2, 0) is 34.1 Å². The number of hydrogen-bond acceptors (Lipinski definition) is 5. The van der Waals surface area contributed by atoms with Crippen molar-refractivity contribution in [2.24, 2.45) is 5.92 Å². The third kappa shape index (κ3) is 3.91. The van der Waals surface area contributed by atoms with Gasteiger partial charge in [0.1, 0.15) is 0 Å². The standard InChI is InChI=1S/C23H29N3O3S/c27-30(28,22-7-6-19-4-1-5-20(19)13-22)26-10-8-21-17-29-12-11-25(23(21)16-26)15-18-3-2-9-24-14-18/h2-3,6-7,9,13-14,21,23H,1,4-5,8,10-12,15-17H2/t21-,23-/m1/s1. The topological polar surface area (TPSA) is 62.7 Å². The van der Waals surface area contributed by atoms with E-state index >= 15 is 0 Å². The number of aromatic nitrogens is 1. The summed E-state index contributed by atoms with van der Waals surface area (Å²) in [6.45, 7) is 4.05. The van der Waals surface area contributed by atoms with Crippen molar-refractivity contribution in [2.45, 2.75) is 43.2 Å². The Morgan fingerprint density at radius 2 is 2.03 bits per heavy atom. The van der Waals surface area contributed by atoms with E-state index in [0.717, 1.165) is 44.3 Å². The molecule has 0 radical (unpaired) electrons. The molecule has 0 unspecified atom stereocenters. The van der Waals surface area contributed by atoms with Crippen molar-refractivity contribution in [1.82, 2.24) is 14.2 Å². The average Bonchev–Trinajstić information content (AvgIpc) is 3.15. The number of nitrogens with zero attached hydrogens (tertiary/aromatic N) is 3. The minimum Gasteiger partial charge on any atom is -0.380 e. The molecule has 6 nitrogen and oxygen atoms in total. The third-order valence-electron chi connectivity index (χ3n) is 6.82. The van der Waals surface area contributed by atoms with Crippen LogP contribution in [0.15, 0.2) is 47.6 Å². The highest BCUT2D eigenvalue weighted by Crippen LogP contribution is 2.31. The molecule has 0 amide bonds. The molecule has 0 saturated carbocycles. The van der Waals surface area contributed by atoms with Crippen LogP contribution in [0, 0.1) is 5.92 Å². The van der Waals surface area contributed by atoms with E-state index in [1.54, 1.807) is 16.6 Å². The van der Waals surface area contributed by atoms with Crippen LogP contribution in [0.2, 0.25) is 0 Å².